The Morgan fingerprint density at radius 3 is 2.93 bits per heavy atom. The molecule has 1 aromatic heterocycles. The quantitative estimate of drug-likeness (QED) is 0.745. The third-order valence-corrected chi connectivity index (χ3v) is 2.59. The fourth-order valence-corrected chi connectivity index (χ4v) is 1.80. The Labute approximate surface area is 90.6 Å². The van der Waals surface area contributed by atoms with Crippen LogP contribution in [0.4, 0.5) is 0 Å². The van der Waals surface area contributed by atoms with Crippen molar-refractivity contribution in [3.63, 3.8) is 0 Å². The van der Waals surface area contributed by atoms with Crippen LogP contribution in [0.15, 0.2) is 36.7 Å². The van der Waals surface area contributed by atoms with E-state index in [0.717, 1.165) is 18.8 Å². The van der Waals surface area contributed by atoms with E-state index >= 15 is 0 Å². The molecular formula is C13H16N2. The van der Waals surface area contributed by atoms with Gasteiger partial charge in [-0.25, -0.2) is 4.98 Å². The van der Waals surface area contributed by atoms with Gasteiger partial charge in [0, 0.05) is 25.4 Å². The van der Waals surface area contributed by atoms with Gasteiger partial charge in [0.25, 0.3) is 0 Å². The molecule has 1 heterocycles. The lowest BCUT2D eigenvalue weighted by Gasteiger charge is -2.05. The van der Waals surface area contributed by atoms with Gasteiger partial charge in [0.15, 0.2) is 0 Å². The lowest BCUT2D eigenvalue weighted by Crippen LogP contribution is -2.01. The summed E-state index contributed by atoms with van der Waals surface area (Å²) in [5.41, 5.74) is 2.64. The SMILES string of the molecule is CCn1ccnc1Cc1cccc(C)c1. The summed E-state index contributed by atoms with van der Waals surface area (Å²) in [6, 6.07) is 8.59. The van der Waals surface area contributed by atoms with Crippen LogP contribution in [0.3, 0.4) is 0 Å². The van der Waals surface area contributed by atoms with Gasteiger partial charge in [0.1, 0.15) is 5.82 Å². The van der Waals surface area contributed by atoms with Gasteiger partial charge >= 0.3 is 0 Å². The third kappa shape index (κ3) is 2.27. The van der Waals surface area contributed by atoms with Crippen molar-refractivity contribution in [2.75, 3.05) is 0 Å². The molecule has 0 bridgehead atoms. The molecule has 15 heavy (non-hydrogen) atoms. The first-order chi connectivity index (χ1) is 7.29. The fourth-order valence-electron chi connectivity index (χ4n) is 1.80. The van der Waals surface area contributed by atoms with Crippen molar-refractivity contribution >= 4 is 0 Å². The molecule has 0 unspecified atom stereocenters. The minimum Gasteiger partial charge on any atom is -0.335 e. The summed E-state index contributed by atoms with van der Waals surface area (Å²) in [4.78, 5) is 4.37. The topological polar surface area (TPSA) is 17.8 Å². The minimum atomic E-state index is 0.919. The van der Waals surface area contributed by atoms with Gasteiger partial charge in [-0.1, -0.05) is 29.8 Å². The van der Waals surface area contributed by atoms with Gasteiger partial charge in [-0.05, 0) is 19.4 Å². The zero-order valence-corrected chi connectivity index (χ0v) is 9.27. The molecule has 0 saturated carbocycles. The van der Waals surface area contributed by atoms with Gasteiger partial charge < -0.3 is 4.57 Å². The number of benzene rings is 1. The van der Waals surface area contributed by atoms with Crippen LogP contribution < -0.4 is 0 Å². The van der Waals surface area contributed by atoms with Crippen molar-refractivity contribution in [3.8, 4) is 0 Å². The van der Waals surface area contributed by atoms with Crippen LogP contribution in [-0.4, -0.2) is 9.55 Å². The summed E-state index contributed by atoms with van der Waals surface area (Å²) in [6.45, 7) is 5.25. The molecule has 0 aliphatic rings. The summed E-state index contributed by atoms with van der Waals surface area (Å²) >= 11 is 0. The second-order valence-corrected chi connectivity index (χ2v) is 3.80. The monoisotopic (exact) mass is 200 g/mol. The van der Waals surface area contributed by atoms with Crippen molar-refractivity contribution < 1.29 is 0 Å². The maximum absolute atomic E-state index is 4.37. The number of hydrogen-bond donors (Lipinski definition) is 0. The Hall–Kier alpha value is -1.57. The fraction of sp³-hybridized carbons (Fsp3) is 0.308. The lowest BCUT2D eigenvalue weighted by molar-refractivity contribution is 0.712. The first-order valence-corrected chi connectivity index (χ1v) is 5.35. The Balaban J connectivity index is 2.22. The molecule has 0 fully saturated rings. The van der Waals surface area contributed by atoms with E-state index in [9.17, 15) is 0 Å². The molecule has 2 heteroatoms. The van der Waals surface area contributed by atoms with Gasteiger partial charge in [0.05, 0.1) is 0 Å². The van der Waals surface area contributed by atoms with E-state index in [1.165, 1.54) is 11.1 Å². The summed E-state index contributed by atoms with van der Waals surface area (Å²) in [5.74, 6) is 1.14. The molecule has 0 N–H and O–H groups in total. The zero-order valence-electron chi connectivity index (χ0n) is 9.27. The zero-order chi connectivity index (χ0) is 10.7. The first-order valence-electron chi connectivity index (χ1n) is 5.35. The average Bonchev–Trinajstić information content (AvgIpc) is 2.65. The smallest absolute Gasteiger partial charge is 0.113 e. The standard InChI is InChI=1S/C13H16N2/c1-3-15-8-7-14-13(15)10-12-6-4-5-11(2)9-12/h4-9H,3,10H2,1-2H3. The first kappa shape index (κ1) is 9.97. The van der Waals surface area contributed by atoms with Crippen molar-refractivity contribution in [1.82, 2.24) is 9.55 Å². The molecule has 1 aromatic carbocycles. The number of rotatable bonds is 3. The highest BCUT2D eigenvalue weighted by Gasteiger charge is 2.02. The van der Waals surface area contributed by atoms with E-state index < -0.39 is 0 Å². The molecule has 0 radical (unpaired) electrons. The maximum atomic E-state index is 4.37. The van der Waals surface area contributed by atoms with E-state index in [1.807, 2.05) is 12.4 Å². The molecule has 0 aliphatic heterocycles. The molecule has 0 aliphatic carbocycles. The summed E-state index contributed by atoms with van der Waals surface area (Å²) < 4.78 is 2.18. The van der Waals surface area contributed by atoms with E-state index in [0.29, 0.717) is 0 Å². The molecule has 0 spiro atoms. The molecular weight excluding hydrogens is 184 g/mol. The van der Waals surface area contributed by atoms with Gasteiger partial charge in [0.2, 0.25) is 0 Å². The summed E-state index contributed by atoms with van der Waals surface area (Å²) in [7, 11) is 0. The molecule has 2 aromatic rings. The van der Waals surface area contributed by atoms with Gasteiger partial charge in [-0.2, -0.15) is 0 Å². The number of imidazole rings is 1. The number of nitrogens with zero attached hydrogens (tertiary/aromatic N) is 2. The van der Waals surface area contributed by atoms with Crippen LogP contribution in [0, 0.1) is 6.92 Å². The number of hydrogen-bond acceptors (Lipinski definition) is 1. The maximum Gasteiger partial charge on any atom is 0.113 e. The lowest BCUT2D eigenvalue weighted by atomic mass is 10.1. The summed E-state index contributed by atoms with van der Waals surface area (Å²) in [6.07, 6.45) is 4.82. The van der Waals surface area contributed by atoms with Crippen LogP contribution in [0.5, 0.6) is 0 Å². The summed E-state index contributed by atoms with van der Waals surface area (Å²) in [5, 5.41) is 0. The molecule has 2 rings (SSSR count). The number of aryl methyl sites for hydroxylation is 2. The Bertz CT molecular complexity index is 443. The molecule has 0 atom stereocenters. The predicted molar refractivity (Wildman–Crippen MR) is 61.9 cm³/mol. The van der Waals surface area contributed by atoms with Crippen molar-refractivity contribution in [3.05, 3.63) is 53.6 Å². The highest BCUT2D eigenvalue weighted by atomic mass is 15.0. The largest absolute Gasteiger partial charge is 0.335 e. The highest BCUT2D eigenvalue weighted by molar-refractivity contribution is 5.24. The van der Waals surface area contributed by atoms with E-state index in [-0.39, 0.29) is 0 Å². The third-order valence-electron chi connectivity index (χ3n) is 2.59. The number of aromatic nitrogens is 2. The van der Waals surface area contributed by atoms with Crippen LogP contribution in [0.1, 0.15) is 23.9 Å². The van der Waals surface area contributed by atoms with Gasteiger partial charge in [-0.3, -0.25) is 0 Å². The van der Waals surface area contributed by atoms with Crippen LogP contribution in [0.2, 0.25) is 0 Å². The average molecular weight is 200 g/mol. The van der Waals surface area contributed by atoms with Crippen molar-refractivity contribution in [2.45, 2.75) is 26.8 Å². The predicted octanol–water partition coefficient (Wildman–Crippen LogP) is 2.80. The van der Waals surface area contributed by atoms with Crippen LogP contribution in [-0.2, 0) is 13.0 Å². The normalized spacial score (nSPS) is 10.5. The Morgan fingerprint density at radius 1 is 1.33 bits per heavy atom. The van der Waals surface area contributed by atoms with Crippen molar-refractivity contribution in [2.24, 2.45) is 0 Å². The molecule has 78 valence electrons. The Morgan fingerprint density at radius 2 is 2.20 bits per heavy atom. The van der Waals surface area contributed by atoms with Gasteiger partial charge in [-0.15, -0.1) is 0 Å². The Kier molecular flexibility index (Phi) is 2.86. The van der Waals surface area contributed by atoms with E-state index in [2.05, 4.69) is 47.7 Å². The van der Waals surface area contributed by atoms with Crippen molar-refractivity contribution in [1.29, 1.82) is 0 Å². The molecule has 0 amide bonds. The van der Waals surface area contributed by atoms with E-state index in [4.69, 9.17) is 0 Å². The van der Waals surface area contributed by atoms with Crippen LogP contribution >= 0.6 is 0 Å². The molecule has 0 saturated heterocycles. The highest BCUT2D eigenvalue weighted by Crippen LogP contribution is 2.09. The second kappa shape index (κ2) is 4.30. The molecule has 2 nitrogen and oxygen atoms in total. The van der Waals surface area contributed by atoms with E-state index in [1.54, 1.807) is 0 Å². The second-order valence-electron chi connectivity index (χ2n) is 3.80. The van der Waals surface area contributed by atoms with Crippen LogP contribution in [0.25, 0.3) is 0 Å². The minimum absolute atomic E-state index is 0.919.